The van der Waals surface area contributed by atoms with Crippen LogP contribution in [0.1, 0.15) is 11.6 Å². The molecule has 4 aromatic rings. The van der Waals surface area contributed by atoms with Gasteiger partial charge in [0.15, 0.2) is 5.82 Å². The summed E-state index contributed by atoms with van der Waals surface area (Å²) in [4.78, 5) is 4.58. The first-order valence-corrected chi connectivity index (χ1v) is 8.12. The van der Waals surface area contributed by atoms with Crippen LogP contribution in [0, 0.1) is 12.8 Å². The molecule has 1 aliphatic rings. The number of imidazole rings is 1. The second-order valence-corrected chi connectivity index (χ2v) is 6.33. The van der Waals surface area contributed by atoms with E-state index in [0.717, 1.165) is 48.2 Å². The van der Waals surface area contributed by atoms with Crippen molar-refractivity contribution >= 4 is 5.52 Å². The highest BCUT2D eigenvalue weighted by molar-refractivity contribution is 5.58. The lowest BCUT2D eigenvalue weighted by molar-refractivity contribution is 0.431. The first-order valence-electron chi connectivity index (χ1n) is 8.12. The van der Waals surface area contributed by atoms with Crippen LogP contribution in [0.25, 0.3) is 17.0 Å². The molecule has 0 amide bonds. The Kier molecular flexibility index (Phi) is 2.82. The number of aryl methyl sites for hydroxylation is 1. The van der Waals surface area contributed by atoms with E-state index < -0.39 is 0 Å². The van der Waals surface area contributed by atoms with Gasteiger partial charge in [0, 0.05) is 37.8 Å². The zero-order chi connectivity index (χ0) is 16.1. The highest BCUT2D eigenvalue weighted by Gasteiger charge is 2.25. The molecule has 0 aliphatic carbocycles. The van der Waals surface area contributed by atoms with Crippen molar-refractivity contribution in [3.8, 4) is 11.5 Å². The molecule has 5 heterocycles. The molecule has 0 N–H and O–H groups in total. The molecule has 0 saturated carbocycles. The van der Waals surface area contributed by atoms with Crippen molar-refractivity contribution in [2.75, 3.05) is 0 Å². The molecule has 7 nitrogen and oxygen atoms in total. The first-order chi connectivity index (χ1) is 11.8. The summed E-state index contributed by atoms with van der Waals surface area (Å²) in [5.41, 5.74) is 2.08. The Bertz CT molecular complexity index is 1020. The lowest BCUT2D eigenvalue weighted by Crippen LogP contribution is -2.14. The van der Waals surface area contributed by atoms with E-state index in [4.69, 9.17) is 0 Å². The number of fused-ring (bicyclic) bond motifs is 2. The topological polar surface area (TPSA) is 65.8 Å². The largest absolute Gasteiger partial charge is 0.329 e. The fourth-order valence-electron chi connectivity index (χ4n) is 3.60. The Labute approximate surface area is 138 Å². The molecule has 5 rings (SSSR count). The maximum absolute atomic E-state index is 4.58. The van der Waals surface area contributed by atoms with E-state index in [1.165, 1.54) is 0 Å². The van der Waals surface area contributed by atoms with Gasteiger partial charge in [-0.05, 0) is 25.1 Å². The predicted molar refractivity (Wildman–Crippen MR) is 88.4 cm³/mol. The van der Waals surface area contributed by atoms with Crippen LogP contribution in [0.4, 0.5) is 0 Å². The van der Waals surface area contributed by atoms with Crippen LogP contribution >= 0.6 is 0 Å². The molecule has 24 heavy (non-hydrogen) atoms. The fourth-order valence-corrected chi connectivity index (χ4v) is 3.60. The zero-order valence-electron chi connectivity index (χ0n) is 13.4. The Morgan fingerprint density at radius 3 is 3.04 bits per heavy atom. The average molecular weight is 319 g/mol. The average Bonchev–Trinajstić information content (AvgIpc) is 3.34. The van der Waals surface area contributed by atoms with Gasteiger partial charge in [-0.15, -0.1) is 10.2 Å². The second kappa shape index (κ2) is 5.02. The molecular weight excluding hydrogens is 302 g/mol. The molecule has 0 aromatic carbocycles. The number of aromatic nitrogens is 7. The SMILES string of the molecule is Cc1nnc2n1CC(Cn1ccnc1-c1cccc3ccnn13)C2. The Morgan fingerprint density at radius 1 is 1.17 bits per heavy atom. The predicted octanol–water partition coefficient (Wildman–Crippen LogP) is 1.97. The van der Waals surface area contributed by atoms with Gasteiger partial charge in [-0.3, -0.25) is 0 Å². The van der Waals surface area contributed by atoms with E-state index >= 15 is 0 Å². The van der Waals surface area contributed by atoms with Gasteiger partial charge < -0.3 is 9.13 Å². The molecule has 1 unspecified atom stereocenters. The van der Waals surface area contributed by atoms with Gasteiger partial charge in [0.05, 0.1) is 11.7 Å². The normalized spacial score (nSPS) is 16.8. The van der Waals surface area contributed by atoms with Crippen molar-refractivity contribution in [2.24, 2.45) is 5.92 Å². The van der Waals surface area contributed by atoms with Crippen molar-refractivity contribution in [2.45, 2.75) is 26.4 Å². The quantitative estimate of drug-likeness (QED) is 0.579. The van der Waals surface area contributed by atoms with Crippen LogP contribution in [0.2, 0.25) is 0 Å². The maximum Gasteiger partial charge on any atom is 0.158 e. The Morgan fingerprint density at radius 2 is 2.12 bits per heavy atom. The lowest BCUT2D eigenvalue weighted by atomic mass is 10.1. The van der Waals surface area contributed by atoms with E-state index in [-0.39, 0.29) is 0 Å². The molecule has 0 spiro atoms. The summed E-state index contributed by atoms with van der Waals surface area (Å²) in [6.07, 6.45) is 6.68. The minimum Gasteiger partial charge on any atom is -0.329 e. The van der Waals surface area contributed by atoms with Crippen molar-refractivity contribution in [1.29, 1.82) is 0 Å². The monoisotopic (exact) mass is 319 g/mol. The molecule has 0 radical (unpaired) electrons. The third-order valence-corrected chi connectivity index (χ3v) is 4.75. The van der Waals surface area contributed by atoms with E-state index in [2.05, 4.69) is 41.5 Å². The van der Waals surface area contributed by atoms with E-state index in [1.54, 1.807) is 0 Å². The molecule has 1 atom stereocenters. The highest BCUT2D eigenvalue weighted by atomic mass is 15.3. The van der Waals surface area contributed by atoms with Gasteiger partial charge in [-0.2, -0.15) is 5.10 Å². The molecule has 0 saturated heterocycles. The van der Waals surface area contributed by atoms with E-state index in [1.807, 2.05) is 42.2 Å². The van der Waals surface area contributed by atoms with E-state index in [0.29, 0.717) is 5.92 Å². The van der Waals surface area contributed by atoms with Crippen LogP contribution in [0.15, 0.2) is 42.9 Å². The summed E-state index contributed by atoms with van der Waals surface area (Å²) in [6, 6.07) is 8.16. The Hall–Kier alpha value is -2.96. The summed E-state index contributed by atoms with van der Waals surface area (Å²) in [6.45, 7) is 3.90. The van der Waals surface area contributed by atoms with Crippen LogP contribution in [0.5, 0.6) is 0 Å². The number of pyridine rings is 1. The van der Waals surface area contributed by atoms with Crippen LogP contribution in [-0.2, 0) is 19.5 Å². The summed E-state index contributed by atoms with van der Waals surface area (Å²) < 4.78 is 6.37. The van der Waals surface area contributed by atoms with Gasteiger partial charge in [-0.25, -0.2) is 9.50 Å². The van der Waals surface area contributed by atoms with Crippen LogP contribution in [0.3, 0.4) is 0 Å². The summed E-state index contributed by atoms with van der Waals surface area (Å²) in [7, 11) is 0. The molecular formula is C17H17N7. The van der Waals surface area contributed by atoms with Gasteiger partial charge in [-0.1, -0.05) is 6.07 Å². The summed E-state index contributed by atoms with van der Waals surface area (Å²) >= 11 is 0. The smallest absolute Gasteiger partial charge is 0.158 e. The number of hydrogen-bond acceptors (Lipinski definition) is 4. The van der Waals surface area contributed by atoms with Gasteiger partial charge >= 0.3 is 0 Å². The third kappa shape index (κ3) is 1.97. The number of hydrogen-bond donors (Lipinski definition) is 0. The van der Waals surface area contributed by atoms with Crippen LogP contribution in [-0.4, -0.2) is 33.9 Å². The van der Waals surface area contributed by atoms with Crippen LogP contribution < -0.4 is 0 Å². The maximum atomic E-state index is 4.58. The minimum atomic E-state index is 0.513. The lowest BCUT2D eigenvalue weighted by Gasteiger charge is -2.13. The Balaban J connectivity index is 1.47. The molecule has 0 bridgehead atoms. The summed E-state index contributed by atoms with van der Waals surface area (Å²) in [5.74, 6) is 3.55. The standard InChI is InChI=1S/C17H17N7/c1-12-20-21-16-9-13(11-23(12)16)10-22-8-7-18-17(22)15-4-2-3-14-5-6-19-24(14)15/h2-8,13H,9-11H2,1H3. The first kappa shape index (κ1) is 13.5. The molecule has 1 aliphatic heterocycles. The highest BCUT2D eigenvalue weighted by Crippen LogP contribution is 2.25. The number of rotatable bonds is 3. The summed E-state index contributed by atoms with van der Waals surface area (Å²) in [5, 5.41) is 12.8. The van der Waals surface area contributed by atoms with Gasteiger partial charge in [0.25, 0.3) is 0 Å². The van der Waals surface area contributed by atoms with Crippen molar-refractivity contribution in [3.05, 3.63) is 54.5 Å². The van der Waals surface area contributed by atoms with Crippen molar-refractivity contribution in [3.63, 3.8) is 0 Å². The number of nitrogens with zero attached hydrogens (tertiary/aromatic N) is 7. The zero-order valence-corrected chi connectivity index (χ0v) is 13.4. The van der Waals surface area contributed by atoms with Gasteiger partial charge in [0.1, 0.15) is 17.3 Å². The minimum absolute atomic E-state index is 0.513. The molecule has 0 fully saturated rings. The van der Waals surface area contributed by atoms with Crippen molar-refractivity contribution < 1.29 is 0 Å². The van der Waals surface area contributed by atoms with Crippen molar-refractivity contribution in [1.82, 2.24) is 33.9 Å². The molecule has 120 valence electrons. The van der Waals surface area contributed by atoms with E-state index in [9.17, 15) is 0 Å². The second-order valence-electron chi connectivity index (χ2n) is 6.33. The third-order valence-electron chi connectivity index (χ3n) is 4.75. The molecule has 4 aromatic heterocycles. The van der Waals surface area contributed by atoms with Gasteiger partial charge in [0.2, 0.25) is 0 Å². The molecule has 7 heteroatoms. The fraction of sp³-hybridized carbons (Fsp3) is 0.294.